The van der Waals surface area contributed by atoms with Crippen LogP contribution >= 0.6 is 7.60 Å². The smallest absolute Gasteiger partial charge is 0.312 e. The number of hydrogen-bond donors (Lipinski definition) is 0. The van der Waals surface area contributed by atoms with Crippen LogP contribution in [-0.4, -0.2) is 26.2 Å². The van der Waals surface area contributed by atoms with Crippen LogP contribution < -0.4 is 0 Å². The monoisotopic (exact) mass is 264 g/mol. The summed E-state index contributed by atoms with van der Waals surface area (Å²) in [7, 11) is -0.568. The van der Waals surface area contributed by atoms with Gasteiger partial charge in [-0.3, -0.25) is 9.36 Å². The number of ketones is 1. The van der Waals surface area contributed by atoms with Crippen molar-refractivity contribution in [3.8, 4) is 0 Å². The maximum Gasteiger partial charge on any atom is 0.337 e. The van der Waals surface area contributed by atoms with Crippen LogP contribution in [0.2, 0.25) is 0 Å². The lowest BCUT2D eigenvalue weighted by Gasteiger charge is -2.15. The lowest BCUT2D eigenvalue weighted by atomic mass is 9.99. The minimum Gasteiger partial charge on any atom is -0.312 e. The van der Waals surface area contributed by atoms with Gasteiger partial charge in [0.15, 0.2) is 0 Å². The first-order valence-corrected chi connectivity index (χ1v) is 7.95. The first-order valence-electron chi connectivity index (χ1n) is 6.22. The summed E-state index contributed by atoms with van der Waals surface area (Å²) < 4.78 is 21.3. The Morgan fingerprint density at radius 1 is 1.18 bits per heavy atom. The normalized spacial score (nSPS) is 13.6. The quantitative estimate of drug-likeness (QED) is 0.446. The minimum atomic E-state index is -3.19. The molecular weight excluding hydrogens is 239 g/mol. The molecule has 102 valence electrons. The Balaban J connectivity index is 4.01. The largest absolute Gasteiger partial charge is 0.337 e. The third-order valence-corrected chi connectivity index (χ3v) is 4.76. The molecule has 0 bridgehead atoms. The van der Waals surface area contributed by atoms with Crippen LogP contribution in [-0.2, 0) is 18.4 Å². The molecule has 0 aromatic rings. The van der Waals surface area contributed by atoms with Crippen molar-refractivity contribution in [3.05, 3.63) is 0 Å². The Labute approximate surface area is 105 Å². The van der Waals surface area contributed by atoms with Gasteiger partial charge in [-0.05, 0) is 6.42 Å². The third kappa shape index (κ3) is 6.97. The fourth-order valence-electron chi connectivity index (χ4n) is 1.59. The first kappa shape index (κ1) is 16.8. The van der Waals surface area contributed by atoms with E-state index in [4.69, 9.17) is 9.05 Å². The SMILES string of the molecule is CCCCCCC(C)C(=O)CP(=O)(OC)OC. The van der Waals surface area contributed by atoms with E-state index in [1.807, 2.05) is 6.92 Å². The van der Waals surface area contributed by atoms with Crippen LogP contribution in [0.1, 0.15) is 46.0 Å². The minimum absolute atomic E-state index is 0.0338. The van der Waals surface area contributed by atoms with Crippen molar-refractivity contribution >= 4 is 13.4 Å². The molecule has 0 aliphatic heterocycles. The van der Waals surface area contributed by atoms with Crippen LogP contribution in [0.5, 0.6) is 0 Å². The van der Waals surface area contributed by atoms with Crippen LogP contribution in [0.3, 0.4) is 0 Å². The van der Waals surface area contributed by atoms with Crippen molar-refractivity contribution in [3.63, 3.8) is 0 Å². The maximum atomic E-state index is 11.8. The van der Waals surface area contributed by atoms with E-state index in [0.29, 0.717) is 0 Å². The van der Waals surface area contributed by atoms with Gasteiger partial charge in [-0.1, -0.05) is 39.5 Å². The van der Waals surface area contributed by atoms with Crippen molar-refractivity contribution in [2.45, 2.75) is 46.0 Å². The average molecular weight is 264 g/mol. The molecule has 5 heteroatoms. The number of unbranched alkanes of at least 4 members (excludes halogenated alkanes) is 3. The lowest BCUT2D eigenvalue weighted by molar-refractivity contribution is -0.120. The summed E-state index contributed by atoms with van der Waals surface area (Å²) in [4.78, 5) is 11.8. The molecule has 0 aliphatic carbocycles. The van der Waals surface area contributed by atoms with Gasteiger partial charge in [-0.25, -0.2) is 0 Å². The van der Waals surface area contributed by atoms with Crippen LogP contribution in [0.15, 0.2) is 0 Å². The highest BCUT2D eigenvalue weighted by molar-refractivity contribution is 7.54. The Kier molecular flexibility index (Phi) is 8.75. The molecule has 0 aromatic carbocycles. The number of carbonyl (C=O) groups excluding carboxylic acids is 1. The van der Waals surface area contributed by atoms with Crippen molar-refractivity contribution < 1.29 is 18.4 Å². The predicted molar refractivity (Wildman–Crippen MR) is 69.4 cm³/mol. The van der Waals surface area contributed by atoms with Gasteiger partial charge in [0, 0.05) is 20.1 Å². The summed E-state index contributed by atoms with van der Waals surface area (Å²) in [6.07, 6.45) is 5.33. The molecule has 0 radical (unpaired) electrons. The predicted octanol–water partition coefficient (Wildman–Crippen LogP) is 3.65. The van der Waals surface area contributed by atoms with E-state index in [2.05, 4.69) is 6.92 Å². The second-order valence-corrected chi connectivity index (χ2v) is 6.62. The summed E-state index contributed by atoms with van der Waals surface area (Å²) >= 11 is 0. The van der Waals surface area contributed by atoms with E-state index >= 15 is 0 Å². The molecule has 1 unspecified atom stereocenters. The Morgan fingerprint density at radius 2 is 1.76 bits per heavy atom. The van der Waals surface area contributed by atoms with Crippen LogP contribution in [0.25, 0.3) is 0 Å². The molecule has 0 aromatic heterocycles. The van der Waals surface area contributed by atoms with Gasteiger partial charge in [0.2, 0.25) is 0 Å². The molecule has 0 aliphatic rings. The van der Waals surface area contributed by atoms with E-state index in [9.17, 15) is 9.36 Å². The highest BCUT2D eigenvalue weighted by atomic mass is 31.2. The summed E-state index contributed by atoms with van der Waals surface area (Å²) in [6, 6.07) is 0. The van der Waals surface area contributed by atoms with Gasteiger partial charge in [-0.2, -0.15) is 0 Å². The fourth-order valence-corrected chi connectivity index (χ4v) is 2.69. The summed E-state index contributed by atoms with van der Waals surface area (Å²) in [5.41, 5.74) is 0. The fraction of sp³-hybridized carbons (Fsp3) is 0.917. The maximum absolute atomic E-state index is 11.8. The van der Waals surface area contributed by atoms with Crippen LogP contribution in [0.4, 0.5) is 0 Å². The number of hydrogen-bond acceptors (Lipinski definition) is 4. The van der Waals surface area contributed by atoms with E-state index in [1.54, 1.807) is 0 Å². The summed E-state index contributed by atoms with van der Waals surface area (Å²) in [5, 5.41) is 0. The molecule has 0 N–H and O–H groups in total. The topological polar surface area (TPSA) is 52.6 Å². The van der Waals surface area contributed by atoms with Crippen molar-refractivity contribution in [1.82, 2.24) is 0 Å². The lowest BCUT2D eigenvalue weighted by Crippen LogP contribution is -2.16. The van der Waals surface area contributed by atoms with Crippen LogP contribution in [0, 0.1) is 5.92 Å². The molecular formula is C12H25O4P. The van der Waals surface area contributed by atoms with Gasteiger partial charge in [0.1, 0.15) is 11.9 Å². The number of Topliss-reactive ketones (excluding diaryl/α,β-unsaturated/α-hetero) is 1. The molecule has 0 saturated carbocycles. The van der Waals surface area contributed by atoms with Crippen molar-refractivity contribution in [2.24, 2.45) is 5.92 Å². The summed E-state index contributed by atoms with van der Waals surface area (Å²) in [6.45, 7) is 4.03. The molecule has 0 fully saturated rings. The zero-order valence-corrected chi connectivity index (χ0v) is 12.3. The number of carbonyl (C=O) groups is 1. The zero-order valence-electron chi connectivity index (χ0n) is 11.4. The van der Waals surface area contributed by atoms with E-state index in [1.165, 1.54) is 27.1 Å². The molecule has 1 atom stereocenters. The molecule has 17 heavy (non-hydrogen) atoms. The molecule has 0 spiro atoms. The van der Waals surface area contributed by atoms with Gasteiger partial charge in [-0.15, -0.1) is 0 Å². The standard InChI is InChI=1S/C12H25O4P/c1-5-6-7-8-9-11(2)12(13)10-17(14,15-3)16-4/h11H,5-10H2,1-4H3. The van der Waals surface area contributed by atoms with Gasteiger partial charge >= 0.3 is 7.60 Å². The average Bonchev–Trinajstić information content (AvgIpc) is 2.34. The van der Waals surface area contributed by atoms with Gasteiger partial charge in [0.25, 0.3) is 0 Å². The molecule has 0 amide bonds. The van der Waals surface area contributed by atoms with Gasteiger partial charge < -0.3 is 9.05 Å². The second kappa shape index (κ2) is 8.84. The highest BCUT2D eigenvalue weighted by Crippen LogP contribution is 2.46. The van der Waals surface area contributed by atoms with E-state index in [0.717, 1.165) is 19.3 Å². The third-order valence-electron chi connectivity index (χ3n) is 2.95. The highest BCUT2D eigenvalue weighted by Gasteiger charge is 2.27. The number of rotatable bonds is 10. The van der Waals surface area contributed by atoms with Crippen molar-refractivity contribution in [1.29, 1.82) is 0 Å². The first-order chi connectivity index (χ1) is 7.99. The molecule has 0 rings (SSSR count). The van der Waals surface area contributed by atoms with Gasteiger partial charge in [0.05, 0.1) is 0 Å². The van der Waals surface area contributed by atoms with Crippen molar-refractivity contribution in [2.75, 3.05) is 20.4 Å². The molecule has 4 nitrogen and oxygen atoms in total. The Morgan fingerprint density at radius 3 is 2.24 bits per heavy atom. The second-order valence-electron chi connectivity index (χ2n) is 4.35. The Hall–Kier alpha value is -0.180. The van der Waals surface area contributed by atoms with E-state index in [-0.39, 0.29) is 17.9 Å². The molecule has 0 saturated heterocycles. The van der Waals surface area contributed by atoms with E-state index < -0.39 is 7.60 Å². The molecule has 0 heterocycles. The zero-order chi connectivity index (χ0) is 13.3. The Bertz CT molecular complexity index is 257. The summed E-state index contributed by atoms with van der Waals surface area (Å²) in [5.74, 6) is -0.0981.